The number of hydrogen-bond acceptors (Lipinski definition) is 4. The number of nitrogens with one attached hydrogen (secondary N) is 1. The minimum absolute atomic E-state index is 0.0131. The van der Waals surface area contributed by atoms with Gasteiger partial charge >= 0.3 is 6.18 Å². The highest BCUT2D eigenvalue weighted by molar-refractivity contribution is 5.89. The molecule has 1 unspecified atom stereocenters. The van der Waals surface area contributed by atoms with Crippen LogP contribution >= 0.6 is 0 Å². The smallest absolute Gasteiger partial charge is 0.347 e. The molecule has 2 heterocycles. The third kappa shape index (κ3) is 7.20. The third-order valence-electron chi connectivity index (χ3n) is 7.04. The maximum absolute atomic E-state index is 13.6. The summed E-state index contributed by atoms with van der Waals surface area (Å²) in [4.78, 5) is 44.1. The lowest BCUT2D eigenvalue weighted by Crippen LogP contribution is -2.54. The number of carbonyl (C=O) groups is 3. The molecule has 1 aliphatic rings. The summed E-state index contributed by atoms with van der Waals surface area (Å²) in [6, 6.07) is 6.24. The SMILES string of the molecule is CC(=O)C[C@H](NC(=O)[C@@H](CC(C)C)N1CCC(C(F)(F)F)CC1=O)c1cncc(-c2c(C)cccc2C)c1. The number of pyridine rings is 1. The van der Waals surface area contributed by atoms with Gasteiger partial charge in [0.2, 0.25) is 11.8 Å². The molecule has 1 N–H and O–H groups in total. The number of hydrogen-bond donors (Lipinski definition) is 1. The molecule has 1 saturated heterocycles. The molecular formula is C29H36F3N3O3. The van der Waals surface area contributed by atoms with Gasteiger partial charge in [-0.15, -0.1) is 0 Å². The van der Waals surface area contributed by atoms with Crippen LogP contribution in [0.25, 0.3) is 11.1 Å². The van der Waals surface area contributed by atoms with Gasteiger partial charge in [0.1, 0.15) is 11.8 Å². The zero-order chi connectivity index (χ0) is 28.2. The van der Waals surface area contributed by atoms with Crippen molar-refractivity contribution >= 4 is 17.6 Å². The normalized spacial score (nSPS) is 17.9. The summed E-state index contributed by atoms with van der Waals surface area (Å²) in [7, 11) is 0. The van der Waals surface area contributed by atoms with Gasteiger partial charge in [-0.1, -0.05) is 32.0 Å². The zero-order valence-electron chi connectivity index (χ0n) is 22.6. The third-order valence-corrected chi connectivity index (χ3v) is 7.04. The summed E-state index contributed by atoms with van der Waals surface area (Å²) in [6.07, 6.45) is -1.71. The van der Waals surface area contributed by atoms with Crippen molar-refractivity contribution in [3.8, 4) is 11.1 Å². The van der Waals surface area contributed by atoms with E-state index in [1.165, 1.54) is 11.8 Å². The van der Waals surface area contributed by atoms with Crippen LogP contribution in [0, 0.1) is 25.7 Å². The molecule has 0 bridgehead atoms. The molecule has 0 aliphatic carbocycles. The van der Waals surface area contributed by atoms with Crippen LogP contribution in [0.5, 0.6) is 0 Å². The Bertz CT molecular complexity index is 1160. The highest BCUT2D eigenvalue weighted by atomic mass is 19.4. The van der Waals surface area contributed by atoms with E-state index in [0.717, 1.165) is 22.3 Å². The number of alkyl halides is 3. The molecule has 0 spiro atoms. The number of rotatable bonds is 9. The molecule has 38 heavy (non-hydrogen) atoms. The minimum Gasteiger partial charge on any atom is -0.347 e. The molecule has 1 aromatic heterocycles. The van der Waals surface area contributed by atoms with E-state index >= 15 is 0 Å². The second-order valence-corrected chi connectivity index (χ2v) is 10.7. The Balaban J connectivity index is 1.89. The molecule has 9 heteroatoms. The van der Waals surface area contributed by atoms with Gasteiger partial charge in [0, 0.05) is 37.3 Å². The number of aryl methyl sites for hydroxylation is 2. The fourth-order valence-electron chi connectivity index (χ4n) is 5.14. The maximum atomic E-state index is 13.6. The first-order valence-corrected chi connectivity index (χ1v) is 13.0. The molecule has 1 aliphatic heterocycles. The second kappa shape index (κ2) is 12.1. The summed E-state index contributed by atoms with van der Waals surface area (Å²) in [5, 5.41) is 2.92. The van der Waals surface area contributed by atoms with Crippen LogP contribution in [0.3, 0.4) is 0 Å². The van der Waals surface area contributed by atoms with E-state index in [-0.39, 0.29) is 31.1 Å². The molecule has 6 nitrogen and oxygen atoms in total. The molecule has 1 fully saturated rings. The number of benzene rings is 1. The van der Waals surface area contributed by atoms with Gasteiger partial charge in [0.05, 0.1) is 12.0 Å². The van der Waals surface area contributed by atoms with Crippen molar-refractivity contribution in [3.05, 3.63) is 53.3 Å². The average molecular weight is 532 g/mol. The summed E-state index contributed by atoms with van der Waals surface area (Å²) >= 11 is 0. The number of amides is 2. The van der Waals surface area contributed by atoms with E-state index in [0.29, 0.717) is 12.0 Å². The molecule has 3 rings (SSSR count). The lowest BCUT2D eigenvalue weighted by atomic mass is 9.91. The Morgan fingerprint density at radius 1 is 1.16 bits per heavy atom. The van der Waals surface area contributed by atoms with E-state index < -0.39 is 42.4 Å². The molecule has 3 atom stereocenters. The maximum Gasteiger partial charge on any atom is 0.392 e. The second-order valence-electron chi connectivity index (χ2n) is 10.7. The van der Waals surface area contributed by atoms with E-state index in [1.54, 1.807) is 12.4 Å². The largest absolute Gasteiger partial charge is 0.392 e. The lowest BCUT2D eigenvalue weighted by Gasteiger charge is -2.38. The number of Topliss-reactive ketones (excluding diaryl/α,β-unsaturated/α-hetero) is 1. The average Bonchev–Trinajstić information content (AvgIpc) is 2.81. The number of ketones is 1. The summed E-state index contributed by atoms with van der Waals surface area (Å²) in [5.41, 5.74) is 4.64. The van der Waals surface area contributed by atoms with Crippen molar-refractivity contribution in [1.29, 1.82) is 0 Å². The quantitative estimate of drug-likeness (QED) is 0.449. The standard InChI is InChI=1S/C29H36F3N3O3/c1-17(2)11-25(35-10-9-23(14-26(35)37)29(30,31)32)28(38)34-24(12-20(5)36)21-13-22(16-33-15-21)27-18(3)7-6-8-19(27)4/h6-8,13,15-17,23-25H,9-12,14H2,1-5H3,(H,34,38)/t23?,24-,25+/m0/s1. The Morgan fingerprint density at radius 3 is 2.37 bits per heavy atom. The lowest BCUT2D eigenvalue weighted by molar-refractivity contribution is -0.191. The first-order chi connectivity index (χ1) is 17.8. The Morgan fingerprint density at radius 2 is 1.82 bits per heavy atom. The van der Waals surface area contributed by atoms with E-state index in [1.807, 2.05) is 52.0 Å². The van der Waals surface area contributed by atoms with Crippen LogP contribution in [0.2, 0.25) is 0 Å². The fourth-order valence-corrected chi connectivity index (χ4v) is 5.14. The zero-order valence-corrected chi connectivity index (χ0v) is 22.6. The fraction of sp³-hybridized carbons (Fsp3) is 0.517. The molecule has 206 valence electrons. The molecule has 0 radical (unpaired) electrons. The molecule has 1 aromatic carbocycles. The van der Waals surface area contributed by atoms with Crippen LogP contribution < -0.4 is 5.32 Å². The van der Waals surface area contributed by atoms with Crippen LogP contribution in [0.15, 0.2) is 36.7 Å². The van der Waals surface area contributed by atoms with Crippen molar-refractivity contribution in [3.63, 3.8) is 0 Å². The van der Waals surface area contributed by atoms with E-state index in [4.69, 9.17) is 0 Å². The van der Waals surface area contributed by atoms with Gasteiger partial charge in [0.25, 0.3) is 0 Å². The monoisotopic (exact) mass is 531 g/mol. The van der Waals surface area contributed by atoms with E-state index in [9.17, 15) is 27.6 Å². The molecule has 2 amide bonds. The van der Waals surface area contributed by atoms with Gasteiger partial charge in [-0.3, -0.25) is 19.4 Å². The minimum atomic E-state index is -4.45. The predicted molar refractivity (Wildman–Crippen MR) is 139 cm³/mol. The van der Waals surface area contributed by atoms with Gasteiger partial charge in [-0.25, -0.2) is 0 Å². The van der Waals surface area contributed by atoms with Gasteiger partial charge in [0.15, 0.2) is 0 Å². The number of likely N-dealkylation sites (tertiary alicyclic amines) is 1. The highest BCUT2D eigenvalue weighted by Gasteiger charge is 2.46. The van der Waals surface area contributed by atoms with Crippen molar-refractivity contribution in [2.45, 2.75) is 78.6 Å². The number of nitrogens with zero attached hydrogens (tertiary/aromatic N) is 2. The van der Waals surface area contributed by atoms with Crippen LogP contribution in [-0.4, -0.2) is 46.2 Å². The van der Waals surface area contributed by atoms with E-state index in [2.05, 4.69) is 10.3 Å². The molecule has 2 aromatic rings. The number of carbonyl (C=O) groups excluding carboxylic acids is 3. The Kier molecular flexibility index (Phi) is 9.33. The van der Waals surface area contributed by atoms with Crippen LogP contribution in [-0.2, 0) is 14.4 Å². The number of piperidine rings is 1. The van der Waals surface area contributed by atoms with Gasteiger partial charge in [-0.05, 0) is 67.9 Å². The Hall–Kier alpha value is -3.23. The first-order valence-electron chi connectivity index (χ1n) is 13.0. The Labute approximate surface area is 222 Å². The number of aromatic nitrogens is 1. The van der Waals surface area contributed by atoms with Crippen molar-refractivity contribution in [2.24, 2.45) is 11.8 Å². The number of halogens is 3. The first kappa shape index (κ1) is 29.3. The highest BCUT2D eigenvalue weighted by Crippen LogP contribution is 2.36. The van der Waals surface area contributed by atoms with Crippen molar-refractivity contribution in [2.75, 3.05) is 6.54 Å². The predicted octanol–water partition coefficient (Wildman–Crippen LogP) is 5.72. The molecule has 0 saturated carbocycles. The van der Waals surface area contributed by atoms with Gasteiger partial charge in [-0.2, -0.15) is 13.2 Å². The summed E-state index contributed by atoms with van der Waals surface area (Å²) in [6.45, 7) is 9.06. The topological polar surface area (TPSA) is 79.4 Å². The van der Waals surface area contributed by atoms with Crippen molar-refractivity contribution < 1.29 is 27.6 Å². The van der Waals surface area contributed by atoms with Gasteiger partial charge < -0.3 is 10.2 Å². The summed E-state index contributed by atoms with van der Waals surface area (Å²) < 4.78 is 39.6. The van der Waals surface area contributed by atoms with Crippen LogP contribution in [0.4, 0.5) is 13.2 Å². The molecular weight excluding hydrogens is 495 g/mol. The van der Waals surface area contributed by atoms with Crippen LogP contribution in [0.1, 0.15) is 69.2 Å². The van der Waals surface area contributed by atoms with Crippen molar-refractivity contribution in [1.82, 2.24) is 15.2 Å². The summed E-state index contributed by atoms with van der Waals surface area (Å²) in [5.74, 6) is -2.99.